The molecule has 0 bridgehead atoms. The Morgan fingerprint density at radius 1 is 1.12 bits per heavy atom. The Bertz CT molecular complexity index is 1210. The molecule has 0 atom stereocenters. The van der Waals surface area contributed by atoms with Gasteiger partial charge in [0.1, 0.15) is 29.6 Å². The number of hydrogen-bond acceptors (Lipinski definition) is 6. The summed E-state index contributed by atoms with van der Waals surface area (Å²) in [4.78, 5) is 29.1. The van der Waals surface area contributed by atoms with Crippen LogP contribution in [0.15, 0.2) is 42.6 Å². The second-order valence-electron chi connectivity index (χ2n) is 8.31. The van der Waals surface area contributed by atoms with E-state index in [4.69, 9.17) is 25.8 Å². The quantitative estimate of drug-likeness (QED) is 0.388. The van der Waals surface area contributed by atoms with Crippen LogP contribution >= 0.6 is 11.6 Å². The third-order valence-electron chi connectivity index (χ3n) is 5.67. The molecule has 8 heteroatoms. The Hall–Kier alpha value is -3.16. The summed E-state index contributed by atoms with van der Waals surface area (Å²) in [5.74, 6) is 1.94. The van der Waals surface area contributed by atoms with Crippen LogP contribution in [0.25, 0.3) is 10.9 Å². The van der Waals surface area contributed by atoms with Gasteiger partial charge in [0.15, 0.2) is 0 Å². The third kappa shape index (κ3) is 5.85. The Morgan fingerprint density at radius 2 is 1.94 bits per heavy atom. The molecule has 7 nitrogen and oxygen atoms in total. The molecular weight excluding hydrogens is 456 g/mol. The fourth-order valence-electron chi connectivity index (χ4n) is 3.69. The van der Waals surface area contributed by atoms with Crippen LogP contribution in [0.2, 0.25) is 5.02 Å². The standard InChI is InChI=1S/C26H27ClN2O5/c1-28-26(31)21-14-20-23(15-25(21)33-10-9-32-2)29-8-7-24(20)34-19-6-5-17(22(27)13-19)12-18(30)11-16-3-4-16/h5-8,13-16H,3-4,9-12H2,1-2H3,(H,28,31). The summed E-state index contributed by atoms with van der Waals surface area (Å²) >= 11 is 6.45. The lowest BCUT2D eigenvalue weighted by Gasteiger charge is -2.14. The van der Waals surface area contributed by atoms with Gasteiger partial charge in [0, 0.05) is 49.7 Å². The molecule has 0 saturated heterocycles. The van der Waals surface area contributed by atoms with Gasteiger partial charge < -0.3 is 19.5 Å². The SMILES string of the molecule is CNC(=O)c1cc2c(Oc3ccc(CC(=O)CC4CC4)c(Cl)c3)ccnc2cc1OCCOC. The molecule has 1 N–H and O–H groups in total. The number of nitrogens with one attached hydrogen (secondary N) is 1. The highest BCUT2D eigenvalue weighted by Crippen LogP contribution is 2.36. The predicted octanol–water partition coefficient (Wildman–Crippen LogP) is 4.98. The van der Waals surface area contributed by atoms with E-state index >= 15 is 0 Å². The minimum absolute atomic E-state index is 0.212. The minimum atomic E-state index is -0.285. The summed E-state index contributed by atoms with van der Waals surface area (Å²) in [6.45, 7) is 0.695. The number of Topliss-reactive ketones (excluding diaryl/α,β-unsaturated/α-hetero) is 1. The second-order valence-corrected chi connectivity index (χ2v) is 8.72. The van der Waals surface area contributed by atoms with E-state index in [0.29, 0.717) is 70.7 Å². The van der Waals surface area contributed by atoms with E-state index in [1.807, 2.05) is 6.07 Å². The van der Waals surface area contributed by atoms with Gasteiger partial charge in [0.2, 0.25) is 0 Å². The number of carbonyl (C=O) groups is 2. The van der Waals surface area contributed by atoms with Crippen LogP contribution < -0.4 is 14.8 Å². The fraction of sp³-hybridized carbons (Fsp3) is 0.346. The summed E-state index contributed by atoms with van der Waals surface area (Å²) in [7, 11) is 3.14. The molecule has 178 valence electrons. The van der Waals surface area contributed by atoms with E-state index < -0.39 is 0 Å². The summed E-state index contributed by atoms with van der Waals surface area (Å²) < 4.78 is 16.9. The predicted molar refractivity (Wildman–Crippen MR) is 130 cm³/mol. The highest BCUT2D eigenvalue weighted by molar-refractivity contribution is 6.31. The molecule has 1 heterocycles. The van der Waals surface area contributed by atoms with Crippen LogP contribution in [-0.4, -0.2) is 44.0 Å². The molecular formula is C26H27ClN2O5. The van der Waals surface area contributed by atoms with E-state index in [1.54, 1.807) is 50.7 Å². The van der Waals surface area contributed by atoms with Crippen molar-refractivity contribution < 1.29 is 23.8 Å². The molecule has 3 aromatic rings. The molecule has 1 aliphatic rings. The van der Waals surface area contributed by atoms with Gasteiger partial charge in [-0.25, -0.2) is 0 Å². The van der Waals surface area contributed by atoms with Crippen molar-refractivity contribution in [2.45, 2.75) is 25.7 Å². The van der Waals surface area contributed by atoms with E-state index in [-0.39, 0.29) is 11.7 Å². The van der Waals surface area contributed by atoms with Gasteiger partial charge in [-0.1, -0.05) is 17.7 Å². The minimum Gasteiger partial charge on any atom is -0.490 e. The van der Waals surface area contributed by atoms with Gasteiger partial charge >= 0.3 is 0 Å². The number of ether oxygens (including phenoxy) is 3. The monoisotopic (exact) mass is 482 g/mol. The first-order valence-corrected chi connectivity index (χ1v) is 11.6. The highest BCUT2D eigenvalue weighted by Gasteiger charge is 2.24. The molecule has 0 radical (unpaired) electrons. The largest absolute Gasteiger partial charge is 0.490 e. The normalized spacial score (nSPS) is 13.0. The van der Waals surface area contributed by atoms with Gasteiger partial charge in [0.05, 0.1) is 17.7 Å². The smallest absolute Gasteiger partial charge is 0.254 e. The Balaban J connectivity index is 1.59. The summed E-state index contributed by atoms with van der Waals surface area (Å²) in [5, 5.41) is 3.77. The maximum atomic E-state index is 12.5. The fourth-order valence-corrected chi connectivity index (χ4v) is 3.93. The van der Waals surface area contributed by atoms with Crippen LogP contribution in [0.3, 0.4) is 0 Å². The average Bonchev–Trinajstić information content (AvgIpc) is 3.64. The lowest BCUT2D eigenvalue weighted by Crippen LogP contribution is -2.19. The van der Waals surface area contributed by atoms with Gasteiger partial charge in [-0.05, 0) is 48.6 Å². The number of fused-ring (bicyclic) bond motifs is 1. The summed E-state index contributed by atoms with van der Waals surface area (Å²) in [6.07, 6.45) is 4.88. The van der Waals surface area contributed by atoms with Crippen molar-refractivity contribution in [3.05, 3.63) is 58.7 Å². The van der Waals surface area contributed by atoms with Gasteiger partial charge in [-0.15, -0.1) is 0 Å². The van der Waals surface area contributed by atoms with Crippen LogP contribution in [0.4, 0.5) is 0 Å². The van der Waals surface area contributed by atoms with Crippen molar-refractivity contribution in [2.75, 3.05) is 27.4 Å². The van der Waals surface area contributed by atoms with Crippen molar-refractivity contribution in [1.29, 1.82) is 0 Å². The van der Waals surface area contributed by atoms with E-state index in [2.05, 4.69) is 10.3 Å². The van der Waals surface area contributed by atoms with Crippen molar-refractivity contribution in [1.82, 2.24) is 10.3 Å². The van der Waals surface area contributed by atoms with E-state index in [9.17, 15) is 9.59 Å². The molecule has 1 aromatic heterocycles. The van der Waals surface area contributed by atoms with Crippen molar-refractivity contribution in [3.63, 3.8) is 0 Å². The number of hydrogen-bond donors (Lipinski definition) is 1. The Labute approximate surface area is 203 Å². The van der Waals surface area contributed by atoms with E-state index in [1.165, 1.54) is 0 Å². The number of benzene rings is 2. The van der Waals surface area contributed by atoms with Crippen LogP contribution in [0.1, 0.15) is 35.2 Å². The van der Waals surface area contributed by atoms with Crippen molar-refractivity contribution in [3.8, 4) is 17.2 Å². The average molecular weight is 483 g/mol. The summed E-state index contributed by atoms with van der Waals surface area (Å²) in [6, 6.07) is 10.5. The molecule has 4 rings (SSSR count). The highest BCUT2D eigenvalue weighted by atomic mass is 35.5. The van der Waals surface area contributed by atoms with Gasteiger partial charge in [0.25, 0.3) is 5.91 Å². The van der Waals surface area contributed by atoms with Crippen molar-refractivity contribution in [2.24, 2.45) is 5.92 Å². The number of aromatic nitrogens is 1. The molecule has 34 heavy (non-hydrogen) atoms. The Kier molecular flexibility index (Phi) is 7.65. The molecule has 1 saturated carbocycles. The number of rotatable bonds is 11. The zero-order valence-corrected chi connectivity index (χ0v) is 20.0. The molecule has 0 spiro atoms. The van der Waals surface area contributed by atoms with Crippen LogP contribution in [-0.2, 0) is 16.0 Å². The molecule has 0 unspecified atom stereocenters. The molecule has 1 amide bonds. The number of pyridine rings is 1. The van der Waals surface area contributed by atoms with E-state index in [0.717, 1.165) is 18.4 Å². The zero-order valence-electron chi connectivity index (χ0n) is 19.2. The number of ketones is 1. The lowest BCUT2D eigenvalue weighted by molar-refractivity contribution is -0.118. The maximum Gasteiger partial charge on any atom is 0.254 e. The third-order valence-corrected chi connectivity index (χ3v) is 6.02. The molecule has 1 fully saturated rings. The first kappa shape index (κ1) is 24.0. The zero-order chi connectivity index (χ0) is 24.1. The van der Waals surface area contributed by atoms with Crippen LogP contribution in [0.5, 0.6) is 17.2 Å². The maximum absolute atomic E-state index is 12.5. The second kappa shape index (κ2) is 10.8. The number of carbonyl (C=O) groups excluding carboxylic acids is 2. The molecule has 2 aromatic carbocycles. The topological polar surface area (TPSA) is 86.8 Å². The van der Waals surface area contributed by atoms with Gasteiger partial charge in [-0.3, -0.25) is 14.6 Å². The molecule has 1 aliphatic carbocycles. The lowest BCUT2D eigenvalue weighted by atomic mass is 10.0. The number of methoxy groups -OCH3 is 1. The van der Waals surface area contributed by atoms with Gasteiger partial charge in [-0.2, -0.15) is 0 Å². The number of amides is 1. The number of nitrogens with zero attached hydrogens (tertiary/aromatic N) is 1. The first-order valence-electron chi connectivity index (χ1n) is 11.2. The molecule has 0 aliphatic heterocycles. The first-order chi connectivity index (χ1) is 16.5. The van der Waals surface area contributed by atoms with Crippen LogP contribution in [0, 0.1) is 5.92 Å². The summed E-state index contributed by atoms with van der Waals surface area (Å²) in [5.41, 5.74) is 1.77. The Morgan fingerprint density at radius 3 is 2.65 bits per heavy atom. The van der Waals surface area contributed by atoms with Crippen molar-refractivity contribution >= 4 is 34.2 Å². The number of halogens is 1.